The molecule has 168 valence electrons. The van der Waals surface area contributed by atoms with Crippen LogP contribution in [0.4, 0.5) is 0 Å². The Morgan fingerprint density at radius 2 is 2.00 bits per heavy atom. The Morgan fingerprint density at radius 3 is 2.66 bits per heavy atom. The molecule has 0 spiro atoms. The number of ether oxygens (including phenoxy) is 1. The second-order valence-corrected chi connectivity index (χ2v) is 9.12. The number of aryl methyl sites for hydroxylation is 3. The summed E-state index contributed by atoms with van der Waals surface area (Å²) in [6.45, 7) is 5.22. The number of hydrogen-bond donors (Lipinski definition) is 0. The van der Waals surface area contributed by atoms with Gasteiger partial charge < -0.3 is 14.5 Å². The van der Waals surface area contributed by atoms with E-state index in [2.05, 4.69) is 15.1 Å². The second kappa shape index (κ2) is 9.58. The Labute approximate surface area is 190 Å². The molecule has 0 aromatic carbocycles. The monoisotopic (exact) mass is 454 g/mol. The van der Waals surface area contributed by atoms with Gasteiger partial charge in [0.1, 0.15) is 11.4 Å². The summed E-state index contributed by atoms with van der Waals surface area (Å²) in [5, 5.41) is 5.02. The van der Waals surface area contributed by atoms with E-state index in [0.29, 0.717) is 36.8 Å². The molecule has 0 radical (unpaired) electrons. The lowest BCUT2D eigenvalue weighted by atomic mass is 10.2. The first-order chi connectivity index (χ1) is 15.4. The summed E-state index contributed by atoms with van der Waals surface area (Å²) >= 11 is 1.36. The van der Waals surface area contributed by atoms with Gasteiger partial charge in [-0.1, -0.05) is 0 Å². The normalized spacial score (nSPS) is 17.0. The molecule has 1 fully saturated rings. The lowest BCUT2D eigenvalue weighted by Gasteiger charge is -2.24. The summed E-state index contributed by atoms with van der Waals surface area (Å²) in [6.07, 6.45) is 6.74. The number of amides is 2. The fourth-order valence-corrected chi connectivity index (χ4v) is 4.62. The van der Waals surface area contributed by atoms with Crippen molar-refractivity contribution < 1.29 is 14.3 Å². The van der Waals surface area contributed by atoms with Crippen LogP contribution in [0.3, 0.4) is 0 Å². The van der Waals surface area contributed by atoms with Crippen LogP contribution >= 0.6 is 11.3 Å². The summed E-state index contributed by atoms with van der Waals surface area (Å²) in [5.41, 5.74) is 2.61. The Hall–Kier alpha value is -3.11. The van der Waals surface area contributed by atoms with Crippen molar-refractivity contribution in [1.82, 2.24) is 29.5 Å². The van der Waals surface area contributed by atoms with Crippen LogP contribution in [0.15, 0.2) is 36.9 Å². The van der Waals surface area contributed by atoms with Gasteiger partial charge in [0, 0.05) is 50.8 Å². The molecule has 3 aromatic heterocycles. The maximum atomic E-state index is 13.3. The molecule has 1 saturated heterocycles. The summed E-state index contributed by atoms with van der Waals surface area (Å²) in [7, 11) is 1.84. The van der Waals surface area contributed by atoms with Crippen molar-refractivity contribution in [1.29, 1.82) is 0 Å². The summed E-state index contributed by atoms with van der Waals surface area (Å²) < 4.78 is 7.88. The van der Waals surface area contributed by atoms with Crippen molar-refractivity contribution in [3.8, 4) is 0 Å². The number of hydrogen-bond acceptors (Lipinski definition) is 7. The van der Waals surface area contributed by atoms with Crippen LogP contribution in [0.1, 0.15) is 31.5 Å². The third kappa shape index (κ3) is 5.20. The second-order valence-electron chi connectivity index (χ2n) is 7.92. The first-order valence-electron chi connectivity index (χ1n) is 10.4. The molecule has 9 nitrogen and oxygen atoms in total. The minimum Gasteiger partial charge on any atom is -0.370 e. The van der Waals surface area contributed by atoms with E-state index >= 15 is 0 Å². The number of nitrogens with zero attached hydrogens (tertiary/aromatic N) is 6. The van der Waals surface area contributed by atoms with Crippen molar-refractivity contribution >= 4 is 23.2 Å². The molecule has 2 amide bonds. The fraction of sp³-hybridized carbons (Fsp3) is 0.409. The van der Waals surface area contributed by atoms with Crippen molar-refractivity contribution in [2.75, 3.05) is 19.6 Å². The van der Waals surface area contributed by atoms with Gasteiger partial charge >= 0.3 is 0 Å². The average Bonchev–Trinajstić information content (AvgIpc) is 3.29. The number of pyridine rings is 1. The molecule has 10 heteroatoms. The van der Waals surface area contributed by atoms with Crippen LogP contribution in [-0.2, 0) is 29.7 Å². The molecule has 1 atom stereocenters. The molecule has 0 saturated carbocycles. The Morgan fingerprint density at radius 1 is 1.22 bits per heavy atom. The third-order valence-electron chi connectivity index (χ3n) is 5.28. The molecule has 1 aliphatic rings. The largest absolute Gasteiger partial charge is 0.370 e. The topological polar surface area (TPSA) is 93.5 Å². The standard InChI is InChI=1S/C22H26N6O3S/c1-15-21(32-16(2)25-15)22(30)28-12-19(31-14-17-4-6-23-7-5-17)11-27(20(29)13-28)10-18-8-24-26(3)9-18/h4-9,19H,10-14H2,1-3H3. The predicted octanol–water partition coefficient (Wildman–Crippen LogP) is 1.96. The van der Waals surface area contributed by atoms with Crippen LogP contribution < -0.4 is 0 Å². The predicted molar refractivity (Wildman–Crippen MR) is 119 cm³/mol. The zero-order valence-corrected chi connectivity index (χ0v) is 19.2. The van der Waals surface area contributed by atoms with Crippen molar-refractivity contribution in [3.63, 3.8) is 0 Å². The quantitative estimate of drug-likeness (QED) is 0.565. The van der Waals surface area contributed by atoms with Gasteiger partial charge in [-0.05, 0) is 31.5 Å². The average molecular weight is 455 g/mol. The molecule has 32 heavy (non-hydrogen) atoms. The van der Waals surface area contributed by atoms with Crippen LogP contribution in [0.5, 0.6) is 0 Å². The molecule has 4 rings (SSSR count). The first-order valence-corrected chi connectivity index (χ1v) is 11.2. The molecular formula is C22H26N6O3S. The Bertz CT molecular complexity index is 1100. The van der Waals surface area contributed by atoms with Gasteiger partial charge in [-0.2, -0.15) is 5.10 Å². The highest BCUT2D eigenvalue weighted by Gasteiger charge is 2.32. The van der Waals surface area contributed by atoms with E-state index in [4.69, 9.17) is 4.74 Å². The molecule has 1 aliphatic heterocycles. The zero-order valence-electron chi connectivity index (χ0n) is 18.4. The molecule has 0 aliphatic carbocycles. The van der Waals surface area contributed by atoms with Gasteiger partial charge in [0.15, 0.2) is 0 Å². The Balaban J connectivity index is 1.54. The number of carbonyl (C=O) groups excluding carboxylic acids is 2. The van der Waals surface area contributed by atoms with Gasteiger partial charge in [0.05, 0.1) is 29.6 Å². The van der Waals surface area contributed by atoms with Crippen LogP contribution in [0, 0.1) is 13.8 Å². The van der Waals surface area contributed by atoms with E-state index in [1.807, 2.05) is 39.2 Å². The maximum absolute atomic E-state index is 13.3. The highest BCUT2D eigenvalue weighted by atomic mass is 32.1. The highest BCUT2D eigenvalue weighted by Crippen LogP contribution is 2.22. The summed E-state index contributed by atoms with van der Waals surface area (Å²) in [6, 6.07) is 3.78. The van der Waals surface area contributed by atoms with Crippen LogP contribution in [-0.4, -0.2) is 67.1 Å². The van der Waals surface area contributed by atoms with E-state index in [1.54, 1.807) is 33.1 Å². The Kier molecular flexibility index (Phi) is 6.61. The van der Waals surface area contributed by atoms with E-state index in [9.17, 15) is 9.59 Å². The minimum absolute atomic E-state index is 0.00456. The smallest absolute Gasteiger partial charge is 0.266 e. The SMILES string of the molecule is Cc1nc(C)c(C(=O)N2CC(=O)N(Cc3cnn(C)c3)CC(OCc3ccncc3)C2)s1. The minimum atomic E-state index is -0.329. The number of thiazole rings is 1. The van der Waals surface area contributed by atoms with Crippen molar-refractivity contribution in [2.45, 2.75) is 33.1 Å². The summed E-state index contributed by atoms with van der Waals surface area (Å²) in [5.74, 6) is -0.293. The molecule has 1 unspecified atom stereocenters. The first kappa shape index (κ1) is 22.1. The molecule has 0 bridgehead atoms. The maximum Gasteiger partial charge on any atom is 0.266 e. The van der Waals surface area contributed by atoms with E-state index in [-0.39, 0.29) is 24.5 Å². The van der Waals surface area contributed by atoms with Gasteiger partial charge in [0.2, 0.25) is 5.91 Å². The third-order valence-corrected chi connectivity index (χ3v) is 6.34. The van der Waals surface area contributed by atoms with Gasteiger partial charge in [-0.3, -0.25) is 19.3 Å². The fourth-order valence-electron chi connectivity index (χ4n) is 3.73. The lowest BCUT2D eigenvalue weighted by molar-refractivity contribution is -0.132. The van der Waals surface area contributed by atoms with Gasteiger partial charge in [0.25, 0.3) is 5.91 Å². The zero-order chi connectivity index (χ0) is 22.7. The van der Waals surface area contributed by atoms with Gasteiger partial charge in [-0.25, -0.2) is 4.98 Å². The number of carbonyl (C=O) groups is 2. The van der Waals surface area contributed by atoms with Crippen molar-refractivity contribution in [2.24, 2.45) is 7.05 Å². The van der Waals surface area contributed by atoms with Gasteiger partial charge in [-0.15, -0.1) is 11.3 Å². The van der Waals surface area contributed by atoms with Crippen LogP contribution in [0.2, 0.25) is 0 Å². The van der Waals surface area contributed by atoms with Crippen molar-refractivity contribution in [3.05, 3.63) is 63.6 Å². The molecule has 0 N–H and O–H groups in total. The highest BCUT2D eigenvalue weighted by molar-refractivity contribution is 7.13. The number of aromatic nitrogens is 4. The van der Waals surface area contributed by atoms with E-state index in [0.717, 1.165) is 16.1 Å². The number of rotatable bonds is 6. The van der Waals surface area contributed by atoms with E-state index < -0.39 is 0 Å². The molecule has 4 heterocycles. The molecular weight excluding hydrogens is 428 g/mol. The molecule has 3 aromatic rings. The van der Waals surface area contributed by atoms with Crippen LogP contribution in [0.25, 0.3) is 0 Å². The lowest BCUT2D eigenvalue weighted by Crippen LogP contribution is -2.39. The summed E-state index contributed by atoms with van der Waals surface area (Å²) in [4.78, 5) is 38.7. The van der Waals surface area contributed by atoms with E-state index in [1.165, 1.54) is 11.3 Å².